The van der Waals surface area contributed by atoms with Crippen molar-refractivity contribution in [1.82, 2.24) is 3.11 Å². The van der Waals surface area contributed by atoms with Crippen molar-refractivity contribution in [2.24, 2.45) is 0 Å². The Hall–Kier alpha value is 0.130. The Morgan fingerprint density at radius 1 is 1.88 bits per heavy atom. The van der Waals surface area contributed by atoms with Crippen LogP contribution in [0.4, 0.5) is 4.39 Å². The van der Waals surface area contributed by atoms with Crippen LogP contribution in [0.25, 0.3) is 0 Å². The van der Waals surface area contributed by atoms with E-state index in [1.807, 2.05) is 0 Å². The normalized spacial score (nSPS) is 8.88. The van der Waals surface area contributed by atoms with Gasteiger partial charge in [0.2, 0.25) is 5.91 Å². The number of hydrogen-bond acceptors (Lipinski definition) is 1. The van der Waals surface area contributed by atoms with Crippen molar-refractivity contribution in [3.05, 3.63) is 0 Å². The molecule has 0 spiro atoms. The zero-order chi connectivity index (χ0) is 6.57. The van der Waals surface area contributed by atoms with Crippen LogP contribution in [-0.2, 0) is 4.79 Å². The summed E-state index contributed by atoms with van der Waals surface area (Å²) >= 11 is 1.64. The number of hydrogen-bond donors (Lipinski definition) is 0. The topological polar surface area (TPSA) is 20.3 Å². The molecule has 0 unspecified atom stereocenters. The van der Waals surface area contributed by atoms with Gasteiger partial charge in [0.05, 0.1) is 22.9 Å². The molecule has 48 valence electrons. The van der Waals surface area contributed by atoms with Gasteiger partial charge in [0, 0.05) is 6.42 Å². The van der Waals surface area contributed by atoms with Crippen molar-refractivity contribution >= 4 is 28.8 Å². The van der Waals surface area contributed by atoms with Gasteiger partial charge in [-0.2, -0.15) is 0 Å². The van der Waals surface area contributed by atoms with Crippen LogP contribution in [0.5, 0.6) is 0 Å². The molecule has 0 saturated carbocycles. The van der Waals surface area contributed by atoms with Crippen molar-refractivity contribution in [2.45, 2.75) is 13.3 Å². The van der Waals surface area contributed by atoms with Crippen LogP contribution in [0.3, 0.4) is 0 Å². The Kier molecular flexibility index (Phi) is 4.12. The minimum atomic E-state index is -0.701. The molecule has 0 aliphatic heterocycles. The molecular weight excluding hydrogens is 224 g/mol. The first-order valence-corrected chi connectivity index (χ1v) is 3.21. The molecule has 0 heterocycles. The predicted molar refractivity (Wildman–Crippen MR) is 37.1 cm³/mol. The van der Waals surface area contributed by atoms with Gasteiger partial charge < -0.3 is 0 Å². The van der Waals surface area contributed by atoms with E-state index in [4.69, 9.17) is 0 Å². The van der Waals surface area contributed by atoms with Crippen LogP contribution in [-0.4, -0.2) is 15.8 Å². The molecule has 0 fully saturated rings. The summed E-state index contributed by atoms with van der Waals surface area (Å²) < 4.78 is 12.5. The third-order valence-corrected chi connectivity index (χ3v) is 1.47. The highest BCUT2D eigenvalue weighted by atomic mass is 127. The van der Waals surface area contributed by atoms with E-state index in [2.05, 4.69) is 0 Å². The maximum absolute atomic E-state index is 11.5. The quantitative estimate of drug-likeness (QED) is 0.400. The van der Waals surface area contributed by atoms with E-state index in [0.29, 0.717) is 6.42 Å². The average molecular weight is 231 g/mol. The maximum Gasteiger partial charge on any atom is 0.233 e. The molecular formula is C4H7FINO. The molecule has 0 radical (unpaired) electrons. The highest BCUT2D eigenvalue weighted by Crippen LogP contribution is 2.00. The van der Waals surface area contributed by atoms with Crippen LogP contribution in [0.2, 0.25) is 0 Å². The predicted octanol–water partition coefficient (Wildman–Crippen LogP) is 1.50. The Bertz CT molecular complexity index is 88.1. The summed E-state index contributed by atoms with van der Waals surface area (Å²) in [5.74, 6) is -0.173. The SMILES string of the molecule is CCC(=O)N(I)CF. The van der Waals surface area contributed by atoms with Crippen LogP contribution >= 0.6 is 22.9 Å². The molecule has 0 bridgehead atoms. The average Bonchev–Trinajstić information content (AvgIpc) is 1.84. The Morgan fingerprint density at radius 2 is 2.38 bits per heavy atom. The van der Waals surface area contributed by atoms with Crippen molar-refractivity contribution in [3.8, 4) is 0 Å². The second-order valence-corrected chi connectivity index (χ2v) is 2.39. The van der Waals surface area contributed by atoms with Gasteiger partial charge in [-0.05, 0) is 0 Å². The molecule has 0 aromatic rings. The molecule has 0 aromatic carbocycles. The highest BCUT2D eigenvalue weighted by molar-refractivity contribution is 14.1. The van der Waals surface area contributed by atoms with Crippen molar-refractivity contribution in [2.75, 3.05) is 6.80 Å². The summed E-state index contributed by atoms with van der Waals surface area (Å²) in [7, 11) is 0. The molecule has 0 aliphatic rings. The van der Waals surface area contributed by atoms with Crippen molar-refractivity contribution in [1.29, 1.82) is 0 Å². The molecule has 0 N–H and O–H groups in total. The number of halogens is 2. The third-order valence-electron chi connectivity index (χ3n) is 0.678. The molecule has 0 atom stereocenters. The maximum atomic E-state index is 11.5. The zero-order valence-corrected chi connectivity index (χ0v) is 6.68. The fourth-order valence-electron chi connectivity index (χ4n) is 0.238. The molecule has 8 heavy (non-hydrogen) atoms. The van der Waals surface area contributed by atoms with Gasteiger partial charge in [-0.3, -0.25) is 7.91 Å². The summed E-state index contributed by atoms with van der Waals surface area (Å²) in [6.07, 6.45) is 0.368. The number of carbonyl (C=O) groups is 1. The van der Waals surface area contributed by atoms with Gasteiger partial charge in [0.15, 0.2) is 6.80 Å². The van der Waals surface area contributed by atoms with E-state index in [-0.39, 0.29) is 5.91 Å². The van der Waals surface area contributed by atoms with Gasteiger partial charge in [-0.25, -0.2) is 4.39 Å². The fraction of sp³-hybridized carbons (Fsp3) is 0.750. The zero-order valence-electron chi connectivity index (χ0n) is 4.53. The first kappa shape index (κ1) is 8.13. The number of rotatable bonds is 2. The molecule has 0 rings (SSSR count). The fourth-order valence-corrected chi connectivity index (χ4v) is 0.579. The van der Waals surface area contributed by atoms with Gasteiger partial charge in [-0.15, -0.1) is 0 Å². The van der Waals surface area contributed by atoms with Crippen LogP contribution < -0.4 is 0 Å². The lowest BCUT2D eigenvalue weighted by Gasteiger charge is -2.05. The Labute approximate surface area is 61.5 Å². The largest absolute Gasteiger partial charge is 0.274 e. The minimum Gasteiger partial charge on any atom is -0.274 e. The van der Waals surface area contributed by atoms with Gasteiger partial charge in [0.25, 0.3) is 0 Å². The van der Waals surface area contributed by atoms with Crippen molar-refractivity contribution < 1.29 is 9.18 Å². The van der Waals surface area contributed by atoms with E-state index in [1.165, 1.54) is 0 Å². The highest BCUT2D eigenvalue weighted by Gasteiger charge is 2.04. The van der Waals surface area contributed by atoms with E-state index >= 15 is 0 Å². The lowest BCUT2D eigenvalue weighted by molar-refractivity contribution is -0.125. The summed E-state index contributed by atoms with van der Waals surface area (Å²) in [5, 5.41) is 0. The standard InChI is InChI=1S/C4H7FINO/c1-2-4(8)7(6)3-5/h2-3H2,1H3. The smallest absolute Gasteiger partial charge is 0.233 e. The van der Waals surface area contributed by atoms with Gasteiger partial charge in [-0.1, -0.05) is 6.92 Å². The lowest BCUT2D eigenvalue weighted by atomic mass is 10.5. The number of alkyl halides is 1. The summed E-state index contributed by atoms with van der Waals surface area (Å²) in [5.41, 5.74) is 0. The number of nitrogens with zero attached hydrogens (tertiary/aromatic N) is 1. The first-order valence-electron chi connectivity index (χ1n) is 2.24. The summed E-state index contributed by atoms with van der Waals surface area (Å²) in [6, 6.07) is 0. The monoisotopic (exact) mass is 231 g/mol. The van der Waals surface area contributed by atoms with E-state index in [1.54, 1.807) is 29.8 Å². The number of amides is 1. The molecule has 1 amide bonds. The van der Waals surface area contributed by atoms with Crippen molar-refractivity contribution in [3.63, 3.8) is 0 Å². The summed E-state index contributed by atoms with van der Waals surface area (Å²) in [6.45, 7) is 0.997. The van der Waals surface area contributed by atoms with Crippen LogP contribution in [0, 0.1) is 0 Å². The van der Waals surface area contributed by atoms with E-state index in [9.17, 15) is 9.18 Å². The van der Waals surface area contributed by atoms with Crippen LogP contribution in [0.1, 0.15) is 13.3 Å². The van der Waals surface area contributed by atoms with Gasteiger partial charge >= 0.3 is 0 Å². The Morgan fingerprint density at radius 3 is 2.50 bits per heavy atom. The lowest BCUT2D eigenvalue weighted by Crippen LogP contribution is -2.17. The molecule has 4 heteroatoms. The van der Waals surface area contributed by atoms with E-state index < -0.39 is 6.80 Å². The minimum absolute atomic E-state index is 0.173. The van der Waals surface area contributed by atoms with Gasteiger partial charge in [0.1, 0.15) is 0 Å². The van der Waals surface area contributed by atoms with E-state index in [0.717, 1.165) is 3.11 Å². The molecule has 0 aliphatic carbocycles. The third kappa shape index (κ3) is 2.44. The first-order chi connectivity index (χ1) is 3.72. The second-order valence-electron chi connectivity index (χ2n) is 1.23. The Balaban J connectivity index is 3.46. The second kappa shape index (κ2) is 4.05. The molecule has 0 saturated heterocycles. The number of carbonyl (C=O) groups excluding carboxylic acids is 1. The summed E-state index contributed by atoms with van der Waals surface area (Å²) in [4.78, 5) is 10.4. The molecule has 2 nitrogen and oxygen atoms in total. The van der Waals surface area contributed by atoms with Crippen LogP contribution in [0.15, 0.2) is 0 Å². The molecule has 0 aromatic heterocycles.